The van der Waals surface area contributed by atoms with Crippen LogP contribution in [0.5, 0.6) is 0 Å². The van der Waals surface area contributed by atoms with Gasteiger partial charge in [-0.15, -0.1) is 10.2 Å². The molecular weight excluding hydrogens is 258 g/mol. The Hall–Kier alpha value is -1.41. The molecule has 0 fully saturated rings. The molecule has 2 N–H and O–H groups in total. The standard InChI is InChI=1S/C9H11N5OS2/c1-2-10-9-14-13-7(17-9)5-16-8-11-4-3-6(15)12-8/h3-4H,2,5H2,1H3,(H,10,14)(H,11,12,15). The Morgan fingerprint density at radius 2 is 2.41 bits per heavy atom. The van der Waals surface area contributed by atoms with Crippen molar-refractivity contribution in [2.24, 2.45) is 0 Å². The lowest BCUT2D eigenvalue weighted by Gasteiger charge is -1.96. The number of aromatic amines is 1. The van der Waals surface area contributed by atoms with Crippen molar-refractivity contribution in [3.63, 3.8) is 0 Å². The fourth-order valence-electron chi connectivity index (χ4n) is 1.09. The van der Waals surface area contributed by atoms with E-state index >= 15 is 0 Å². The van der Waals surface area contributed by atoms with Gasteiger partial charge in [0.05, 0.1) is 5.75 Å². The van der Waals surface area contributed by atoms with Gasteiger partial charge in [-0.25, -0.2) is 4.98 Å². The highest BCUT2D eigenvalue weighted by molar-refractivity contribution is 7.98. The van der Waals surface area contributed by atoms with E-state index in [1.54, 1.807) is 0 Å². The fraction of sp³-hybridized carbons (Fsp3) is 0.333. The number of rotatable bonds is 5. The maximum absolute atomic E-state index is 11.0. The third-order valence-electron chi connectivity index (χ3n) is 1.78. The predicted molar refractivity (Wildman–Crippen MR) is 68.5 cm³/mol. The summed E-state index contributed by atoms with van der Waals surface area (Å²) in [7, 11) is 0. The molecule has 0 atom stereocenters. The van der Waals surface area contributed by atoms with Gasteiger partial charge in [-0.05, 0) is 6.92 Å². The van der Waals surface area contributed by atoms with Crippen molar-refractivity contribution >= 4 is 28.2 Å². The van der Waals surface area contributed by atoms with Crippen LogP contribution in [0.15, 0.2) is 22.2 Å². The minimum absolute atomic E-state index is 0.145. The van der Waals surface area contributed by atoms with E-state index in [-0.39, 0.29) is 5.56 Å². The molecule has 90 valence electrons. The molecule has 0 aliphatic carbocycles. The Labute approximate surface area is 106 Å². The van der Waals surface area contributed by atoms with Crippen LogP contribution in [0.25, 0.3) is 0 Å². The number of aromatic nitrogens is 4. The van der Waals surface area contributed by atoms with Crippen LogP contribution >= 0.6 is 23.1 Å². The van der Waals surface area contributed by atoms with E-state index in [0.717, 1.165) is 16.7 Å². The normalized spacial score (nSPS) is 10.4. The van der Waals surface area contributed by atoms with Crippen molar-refractivity contribution in [3.8, 4) is 0 Å². The minimum Gasteiger partial charge on any atom is -0.360 e. The van der Waals surface area contributed by atoms with E-state index in [0.29, 0.717) is 10.9 Å². The molecule has 0 bridgehead atoms. The third-order valence-corrected chi connectivity index (χ3v) is 3.74. The van der Waals surface area contributed by atoms with E-state index in [9.17, 15) is 4.79 Å². The highest BCUT2D eigenvalue weighted by Gasteiger charge is 2.04. The van der Waals surface area contributed by atoms with Crippen LogP contribution in [-0.2, 0) is 5.75 Å². The second-order valence-electron chi connectivity index (χ2n) is 3.06. The number of anilines is 1. The summed E-state index contributed by atoms with van der Waals surface area (Å²) in [4.78, 5) is 17.7. The van der Waals surface area contributed by atoms with Gasteiger partial charge in [-0.1, -0.05) is 23.1 Å². The summed E-state index contributed by atoms with van der Waals surface area (Å²) in [5.74, 6) is 0.649. The summed E-state index contributed by atoms with van der Waals surface area (Å²) in [6, 6.07) is 1.39. The van der Waals surface area contributed by atoms with Crippen molar-refractivity contribution < 1.29 is 0 Å². The molecule has 0 amide bonds. The van der Waals surface area contributed by atoms with Crippen molar-refractivity contribution in [1.29, 1.82) is 0 Å². The molecule has 0 radical (unpaired) electrons. The van der Waals surface area contributed by atoms with E-state index in [1.165, 1.54) is 35.4 Å². The van der Waals surface area contributed by atoms with Gasteiger partial charge in [0, 0.05) is 18.8 Å². The van der Waals surface area contributed by atoms with Gasteiger partial charge in [-0.3, -0.25) is 4.79 Å². The molecular formula is C9H11N5OS2. The van der Waals surface area contributed by atoms with E-state index in [4.69, 9.17) is 0 Å². The molecule has 0 aliphatic heterocycles. The SMILES string of the molecule is CCNc1nnc(CSc2nccc(=O)[nH]2)s1. The Morgan fingerprint density at radius 1 is 1.53 bits per heavy atom. The molecule has 2 aromatic heterocycles. The molecule has 0 unspecified atom stereocenters. The van der Waals surface area contributed by atoms with E-state index < -0.39 is 0 Å². The summed E-state index contributed by atoms with van der Waals surface area (Å²) < 4.78 is 0. The number of H-pyrrole nitrogens is 1. The maximum atomic E-state index is 11.0. The van der Waals surface area contributed by atoms with Gasteiger partial charge >= 0.3 is 0 Å². The molecule has 0 saturated carbocycles. The Bertz CT molecular complexity index is 538. The summed E-state index contributed by atoms with van der Waals surface area (Å²) in [5.41, 5.74) is -0.145. The van der Waals surface area contributed by atoms with Crippen molar-refractivity contribution in [1.82, 2.24) is 20.2 Å². The summed E-state index contributed by atoms with van der Waals surface area (Å²) in [5, 5.41) is 13.4. The fourth-order valence-corrected chi connectivity index (χ4v) is 2.73. The monoisotopic (exact) mass is 269 g/mol. The second-order valence-corrected chi connectivity index (χ2v) is 5.09. The molecule has 2 rings (SSSR count). The van der Waals surface area contributed by atoms with Crippen molar-refractivity contribution in [3.05, 3.63) is 27.6 Å². The molecule has 0 aliphatic rings. The highest BCUT2D eigenvalue weighted by atomic mass is 32.2. The summed E-state index contributed by atoms with van der Waals surface area (Å²) in [6.45, 7) is 2.84. The third kappa shape index (κ3) is 3.53. The van der Waals surface area contributed by atoms with Crippen LogP contribution in [0.1, 0.15) is 11.9 Å². The summed E-state index contributed by atoms with van der Waals surface area (Å²) in [6.07, 6.45) is 1.49. The first-order valence-corrected chi connectivity index (χ1v) is 6.82. The van der Waals surface area contributed by atoms with Gasteiger partial charge in [0.25, 0.3) is 5.56 Å². The Kier molecular flexibility index (Phi) is 4.10. The number of nitrogens with one attached hydrogen (secondary N) is 2. The van der Waals surface area contributed by atoms with Crippen LogP contribution in [0.4, 0.5) is 5.13 Å². The molecule has 2 heterocycles. The van der Waals surface area contributed by atoms with Gasteiger partial charge in [0.1, 0.15) is 5.01 Å². The quantitative estimate of drug-likeness (QED) is 0.629. The number of thioether (sulfide) groups is 1. The average Bonchev–Trinajstić information content (AvgIpc) is 2.75. The zero-order chi connectivity index (χ0) is 12.1. The summed E-state index contributed by atoms with van der Waals surface area (Å²) >= 11 is 2.94. The molecule has 0 aromatic carbocycles. The van der Waals surface area contributed by atoms with Crippen molar-refractivity contribution in [2.75, 3.05) is 11.9 Å². The van der Waals surface area contributed by atoms with E-state index in [1.807, 2.05) is 6.92 Å². The lowest BCUT2D eigenvalue weighted by molar-refractivity contribution is 0.934. The maximum Gasteiger partial charge on any atom is 0.251 e. The Morgan fingerprint density at radius 3 is 3.18 bits per heavy atom. The molecule has 8 heteroatoms. The zero-order valence-corrected chi connectivity index (χ0v) is 10.8. The smallest absolute Gasteiger partial charge is 0.251 e. The molecule has 0 spiro atoms. The Balaban J connectivity index is 1.95. The van der Waals surface area contributed by atoms with Crippen LogP contribution in [0.2, 0.25) is 0 Å². The van der Waals surface area contributed by atoms with Gasteiger partial charge in [-0.2, -0.15) is 0 Å². The number of hydrogen-bond acceptors (Lipinski definition) is 7. The predicted octanol–water partition coefficient (Wildman–Crippen LogP) is 1.35. The average molecular weight is 269 g/mol. The topological polar surface area (TPSA) is 83.6 Å². The van der Waals surface area contributed by atoms with Gasteiger partial charge < -0.3 is 10.3 Å². The molecule has 6 nitrogen and oxygen atoms in total. The van der Waals surface area contributed by atoms with E-state index in [2.05, 4.69) is 25.5 Å². The van der Waals surface area contributed by atoms with Crippen LogP contribution in [-0.4, -0.2) is 26.7 Å². The first-order chi connectivity index (χ1) is 8.28. The number of nitrogens with zero attached hydrogens (tertiary/aromatic N) is 3. The molecule has 2 aromatic rings. The second kappa shape index (κ2) is 5.78. The van der Waals surface area contributed by atoms with Crippen LogP contribution in [0, 0.1) is 0 Å². The van der Waals surface area contributed by atoms with Gasteiger partial charge in [0.15, 0.2) is 5.16 Å². The molecule has 17 heavy (non-hydrogen) atoms. The van der Waals surface area contributed by atoms with Crippen LogP contribution < -0.4 is 10.9 Å². The largest absolute Gasteiger partial charge is 0.360 e. The zero-order valence-electron chi connectivity index (χ0n) is 9.14. The van der Waals surface area contributed by atoms with Gasteiger partial charge in [0.2, 0.25) is 5.13 Å². The minimum atomic E-state index is -0.145. The molecule has 0 saturated heterocycles. The van der Waals surface area contributed by atoms with Crippen LogP contribution in [0.3, 0.4) is 0 Å². The first kappa shape index (κ1) is 12.1. The lowest BCUT2D eigenvalue weighted by Crippen LogP contribution is -2.05. The highest BCUT2D eigenvalue weighted by Crippen LogP contribution is 2.22. The van der Waals surface area contributed by atoms with Crippen molar-refractivity contribution in [2.45, 2.75) is 17.8 Å². The first-order valence-electron chi connectivity index (χ1n) is 5.02. The number of hydrogen-bond donors (Lipinski definition) is 2. The lowest BCUT2D eigenvalue weighted by atomic mass is 10.7.